The number of alkyl halides is 3. The smallest absolute Gasteiger partial charge is 0.421 e. The molecule has 0 radical (unpaired) electrons. The van der Waals surface area contributed by atoms with Gasteiger partial charge < -0.3 is 10.1 Å². The average Bonchev–Trinajstić information content (AvgIpc) is 2.11. The van der Waals surface area contributed by atoms with Crippen LogP contribution in [0.2, 0.25) is 0 Å². The van der Waals surface area contributed by atoms with Gasteiger partial charge in [-0.05, 0) is 22.0 Å². The van der Waals surface area contributed by atoms with Gasteiger partial charge in [-0.1, -0.05) is 0 Å². The predicted molar refractivity (Wildman–Crippen MR) is 54.2 cm³/mol. The Morgan fingerprint density at radius 1 is 1.44 bits per heavy atom. The number of rotatable bonds is 2. The molecule has 3 nitrogen and oxygen atoms in total. The Bertz CT molecular complexity index is 393. The minimum Gasteiger partial charge on any atom is -0.471 e. The van der Waals surface area contributed by atoms with Crippen molar-refractivity contribution in [3.8, 4) is 5.88 Å². The van der Waals surface area contributed by atoms with Crippen LogP contribution in [0.1, 0.15) is 5.56 Å². The molecular formula is C9H8BrF3N2O. The van der Waals surface area contributed by atoms with Crippen molar-refractivity contribution >= 4 is 15.9 Å². The van der Waals surface area contributed by atoms with Crippen molar-refractivity contribution in [2.45, 2.75) is 12.3 Å². The molecule has 0 spiro atoms. The fraction of sp³-hybridized carbons (Fsp3) is 0.444. The van der Waals surface area contributed by atoms with Crippen LogP contribution in [0, 0.1) is 0 Å². The van der Waals surface area contributed by atoms with Crippen LogP contribution in [0.4, 0.5) is 13.2 Å². The summed E-state index contributed by atoms with van der Waals surface area (Å²) in [5.41, 5.74) is -0.853. The lowest BCUT2D eigenvalue weighted by Gasteiger charge is -2.28. The molecule has 0 bridgehead atoms. The van der Waals surface area contributed by atoms with Crippen LogP contribution in [0.5, 0.6) is 5.88 Å². The molecule has 1 N–H and O–H groups in total. The Balaban J connectivity index is 2.28. The molecule has 2 heterocycles. The molecule has 16 heavy (non-hydrogen) atoms. The maximum atomic E-state index is 12.6. The van der Waals surface area contributed by atoms with E-state index in [2.05, 4.69) is 26.2 Å². The molecule has 1 saturated heterocycles. The second-order valence-corrected chi connectivity index (χ2v) is 4.32. The molecule has 1 aliphatic heterocycles. The highest BCUT2D eigenvalue weighted by Crippen LogP contribution is 2.36. The summed E-state index contributed by atoms with van der Waals surface area (Å²) in [5, 5.41) is 2.91. The van der Waals surface area contributed by atoms with Crippen LogP contribution in [-0.4, -0.2) is 24.2 Å². The van der Waals surface area contributed by atoms with Gasteiger partial charge in [0.2, 0.25) is 5.88 Å². The van der Waals surface area contributed by atoms with E-state index in [1.54, 1.807) is 0 Å². The van der Waals surface area contributed by atoms with Gasteiger partial charge in [0.25, 0.3) is 0 Å². The van der Waals surface area contributed by atoms with Crippen molar-refractivity contribution in [1.82, 2.24) is 10.3 Å². The summed E-state index contributed by atoms with van der Waals surface area (Å²) >= 11 is 2.96. The predicted octanol–water partition coefficient (Wildman–Crippen LogP) is 2.21. The molecule has 1 fully saturated rings. The van der Waals surface area contributed by atoms with E-state index in [-0.39, 0.29) is 16.5 Å². The molecule has 1 aliphatic rings. The van der Waals surface area contributed by atoms with E-state index in [1.165, 1.54) is 6.20 Å². The summed E-state index contributed by atoms with van der Waals surface area (Å²) < 4.78 is 43.4. The van der Waals surface area contributed by atoms with Gasteiger partial charge in [-0.2, -0.15) is 13.2 Å². The number of hydrogen-bond donors (Lipinski definition) is 1. The third kappa shape index (κ3) is 2.46. The molecule has 2 rings (SSSR count). The first-order chi connectivity index (χ1) is 7.47. The number of pyridine rings is 1. The number of nitrogens with zero attached hydrogens (tertiary/aromatic N) is 1. The first kappa shape index (κ1) is 11.7. The molecule has 1 aromatic rings. The SMILES string of the molecule is FC(F)(F)c1cc(Br)cnc1OC1CNC1. The number of ether oxygens (including phenoxy) is 1. The molecule has 0 saturated carbocycles. The number of aromatic nitrogens is 1. The fourth-order valence-electron chi connectivity index (χ4n) is 1.23. The molecule has 0 atom stereocenters. The van der Waals surface area contributed by atoms with Crippen LogP contribution >= 0.6 is 15.9 Å². The van der Waals surface area contributed by atoms with Gasteiger partial charge in [0.15, 0.2) is 0 Å². The zero-order valence-corrected chi connectivity index (χ0v) is 9.60. The van der Waals surface area contributed by atoms with Crippen molar-refractivity contribution in [3.63, 3.8) is 0 Å². The van der Waals surface area contributed by atoms with E-state index in [9.17, 15) is 13.2 Å². The van der Waals surface area contributed by atoms with Gasteiger partial charge in [0.1, 0.15) is 11.7 Å². The van der Waals surface area contributed by atoms with Gasteiger partial charge in [0.05, 0.1) is 0 Å². The summed E-state index contributed by atoms with van der Waals surface area (Å²) in [4.78, 5) is 3.65. The van der Waals surface area contributed by atoms with Gasteiger partial charge in [-0.3, -0.25) is 0 Å². The molecule has 0 aromatic carbocycles. The lowest BCUT2D eigenvalue weighted by atomic mass is 10.2. The van der Waals surface area contributed by atoms with Crippen molar-refractivity contribution in [1.29, 1.82) is 0 Å². The molecule has 88 valence electrons. The quantitative estimate of drug-likeness (QED) is 0.909. The van der Waals surface area contributed by atoms with E-state index < -0.39 is 11.7 Å². The average molecular weight is 297 g/mol. The van der Waals surface area contributed by atoms with Crippen LogP contribution in [0.25, 0.3) is 0 Å². The molecule has 0 amide bonds. The van der Waals surface area contributed by atoms with E-state index in [0.717, 1.165) is 6.07 Å². The Kier molecular flexibility index (Phi) is 3.07. The maximum Gasteiger partial charge on any atom is 0.421 e. The fourth-order valence-corrected chi connectivity index (χ4v) is 1.56. The normalized spacial score (nSPS) is 17.0. The van der Waals surface area contributed by atoms with Gasteiger partial charge in [-0.25, -0.2) is 4.98 Å². The summed E-state index contributed by atoms with van der Waals surface area (Å²) in [6, 6.07) is 0.967. The lowest BCUT2D eigenvalue weighted by Crippen LogP contribution is -2.50. The van der Waals surface area contributed by atoms with Crippen molar-refractivity contribution in [3.05, 3.63) is 22.3 Å². The molecule has 0 aliphatic carbocycles. The minimum atomic E-state index is -4.46. The summed E-state index contributed by atoms with van der Waals surface area (Å²) in [5.74, 6) is -0.359. The Morgan fingerprint density at radius 3 is 2.62 bits per heavy atom. The highest BCUT2D eigenvalue weighted by molar-refractivity contribution is 9.10. The lowest BCUT2D eigenvalue weighted by molar-refractivity contribution is -0.139. The number of halogens is 4. The number of nitrogens with one attached hydrogen (secondary N) is 1. The largest absolute Gasteiger partial charge is 0.471 e. The summed E-state index contributed by atoms with van der Waals surface area (Å²) in [6.07, 6.45) is -3.39. The monoisotopic (exact) mass is 296 g/mol. The molecule has 7 heteroatoms. The van der Waals surface area contributed by atoms with Crippen LogP contribution in [0.15, 0.2) is 16.7 Å². The molecule has 1 aromatic heterocycles. The first-order valence-electron chi connectivity index (χ1n) is 4.57. The summed E-state index contributed by atoms with van der Waals surface area (Å²) in [7, 11) is 0. The van der Waals surface area contributed by atoms with E-state index in [1.807, 2.05) is 0 Å². The third-order valence-electron chi connectivity index (χ3n) is 2.15. The van der Waals surface area contributed by atoms with Crippen molar-refractivity contribution < 1.29 is 17.9 Å². The first-order valence-corrected chi connectivity index (χ1v) is 5.36. The Hall–Kier alpha value is -0.820. The van der Waals surface area contributed by atoms with E-state index in [4.69, 9.17) is 4.74 Å². The minimum absolute atomic E-state index is 0.227. The van der Waals surface area contributed by atoms with Gasteiger partial charge in [0, 0.05) is 23.8 Å². The van der Waals surface area contributed by atoms with Gasteiger partial charge >= 0.3 is 6.18 Å². The standard InChI is InChI=1S/C9H8BrF3N2O/c10-5-1-7(9(11,12)13)8(15-2-5)16-6-3-14-4-6/h1-2,6,14H,3-4H2. The highest BCUT2D eigenvalue weighted by atomic mass is 79.9. The van der Waals surface area contributed by atoms with Gasteiger partial charge in [-0.15, -0.1) is 0 Å². The topological polar surface area (TPSA) is 34.1 Å². The van der Waals surface area contributed by atoms with Crippen molar-refractivity contribution in [2.24, 2.45) is 0 Å². The summed E-state index contributed by atoms with van der Waals surface area (Å²) in [6.45, 7) is 1.10. The number of hydrogen-bond acceptors (Lipinski definition) is 3. The van der Waals surface area contributed by atoms with Crippen molar-refractivity contribution in [2.75, 3.05) is 13.1 Å². The Labute approximate surface area is 98.1 Å². The highest BCUT2D eigenvalue weighted by Gasteiger charge is 2.36. The van der Waals surface area contributed by atoms with E-state index >= 15 is 0 Å². The van der Waals surface area contributed by atoms with Crippen LogP contribution in [-0.2, 0) is 6.18 Å². The maximum absolute atomic E-state index is 12.6. The zero-order valence-electron chi connectivity index (χ0n) is 8.01. The Morgan fingerprint density at radius 2 is 2.12 bits per heavy atom. The van der Waals surface area contributed by atoms with E-state index in [0.29, 0.717) is 13.1 Å². The zero-order chi connectivity index (χ0) is 11.8. The molecular weight excluding hydrogens is 289 g/mol. The second kappa shape index (κ2) is 4.21. The second-order valence-electron chi connectivity index (χ2n) is 3.40. The molecule has 0 unspecified atom stereocenters. The van der Waals surface area contributed by atoms with Crippen LogP contribution in [0.3, 0.4) is 0 Å². The third-order valence-corrected chi connectivity index (χ3v) is 2.58. The van der Waals surface area contributed by atoms with Crippen LogP contribution < -0.4 is 10.1 Å².